The van der Waals surface area contributed by atoms with Crippen molar-refractivity contribution < 1.29 is 27.8 Å². The Morgan fingerprint density at radius 3 is 2.53 bits per heavy atom. The summed E-state index contributed by atoms with van der Waals surface area (Å²) in [6.45, 7) is 3.57. The third-order valence-electron chi connectivity index (χ3n) is 4.96. The van der Waals surface area contributed by atoms with Crippen LogP contribution in [0.2, 0.25) is 0 Å². The van der Waals surface area contributed by atoms with E-state index in [2.05, 4.69) is 0 Å². The molecule has 2 aromatic carbocycles. The van der Waals surface area contributed by atoms with Gasteiger partial charge < -0.3 is 23.0 Å². The maximum Gasteiger partial charge on any atom is 0.379 e. The summed E-state index contributed by atoms with van der Waals surface area (Å²) < 4.78 is 27.2. The van der Waals surface area contributed by atoms with E-state index in [-0.39, 0.29) is 23.7 Å². The summed E-state index contributed by atoms with van der Waals surface area (Å²) in [6.07, 6.45) is 1.39. The predicted octanol–water partition coefficient (Wildman–Crippen LogP) is 4.62. The molecule has 0 radical (unpaired) electrons. The van der Waals surface area contributed by atoms with Crippen LogP contribution in [0.1, 0.15) is 22.1 Å². The van der Waals surface area contributed by atoms with E-state index in [0.717, 1.165) is 5.56 Å². The van der Waals surface area contributed by atoms with Crippen LogP contribution in [0.3, 0.4) is 0 Å². The van der Waals surface area contributed by atoms with Gasteiger partial charge in [-0.15, -0.1) is 0 Å². The molecule has 0 saturated heterocycles. The van der Waals surface area contributed by atoms with Crippen molar-refractivity contribution in [1.29, 1.82) is 0 Å². The summed E-state index contributed by atoms with van der Waals surface area (Å²) in [5.74, 6) is 1.74. The number of fused-ring (bicyclic) bond motifs is 2. The van der Waals surface area contributed by atoms with Crippen LogP contribution in [0.4, 0.5) is 0 Å². The lowest BCUT2D eigenvalue weighted by atomic mass is 10.1. The molecule has 0 amide bonds. The number of aryl methyl sites for hydroxylation is 2. The highest BCUT2D eigenvalue weighted by molar-refractivity contribution is 5.96. The summed E-state index contributed by atoms with van der Waals surface area (Å²) >= 11 is 0. The molecule has 0 aliphatic carbocycles. The van der Waals surface area contributed by atoms with E-state index >= 15 is 0 Å². The van der Waals surface area contributed by atoms with E-state index in [1.54, 1.807) is 38.1 Å². The fourth-order valence-electron chi connectivity index (χ4n) is 3.61. The number of benzene rings is 1. The molecule has 150 valence electrons. The Balaban J connectivity index is 1.73. The van der Waals surface area contributed by atoms with Crippen molar-refractivity contribution in [3.63, 3.8) is 0 Å². The Labute approximate surface area is 170 Å². The van der Waals surface area contributed by atoms with Crippen LogP contribution in [0.15, 0.2) is 62.4 Å². The zero-order chi connectivity index (χ0) is 20.8. The maximum atomic E-state index is 13.0. The van der Waals surface area contributed by atoms with Crippen molar-refractivity contribution in [2.75, 3.05) is 6.79 Å². The second kappa shape index (κ2) is 6.81. The molecule has 0 fully saturated rings. The molecule has 1 aliphatic heterocycles. The topological polar surface area (TPSA) is 88.1 Å². The zero-order valence-corrected chi connectivity index (χ0v) is 16.2. The molecule has 2 aromatic heterocycles. The molecule has 0 N–H and O–H groups in total. The summed E-state index contributed by atoms with van der Waals surface area (Å²) in [6, 6.07) is 11.6. The summed E-state index contributed by atoms with van der Waals surface area (Å²) in [4.78, 5) is 25.6. The summed E-state index contributed by atoms with van der Waals surface area (Å²) in [5.41, 5.74) is 1.04. The Morgan fingerprint density at radius 2 is 1.73 bits per heavy atom. The number of carbonyl (C=O) groups excluding carboxylic acids is 1. The van der Waals surface area contributed by atoms with Gasteiger partial charge in [0.1, 0.15) is 17.3 Å². The number of carbonyl (C=O) groups is 1. The van der Waals surface area contributed by atoms with Gasteiger partial charge in [-0.1, -0.05) is 6.07 Å². The number of hydrogen-bond donors (Lipinski definition) is 0. The predicted molar refractivity (Wildman–Crippen MR) is 107 cm³/mol. The standard InChI is InChI=1S/C23H16O7/c1-12-21-16(24)8-15(14-5-6-17-19(9-14)28-11-27-17)10-20(22(21)13(2)29-12)30-23(25)18-4-3-7-26-18/h3-10H,11H2,1-2H3. The van der Waals surface area contributed by atoms with E-state index < -0.39 is 5.97 Å². The monoisotopic (exact) mass is 404 g/mol. The molecule has 3 heterocycles. The lowest BCUT2D eigenvalue weighted by molar-refractivity contribution is 0.0704. The second-order valence-electron chi connectivity index (χ2n) is 6.87. The molecule has 1 aliphatic rings. The smallest absolute Gasteiger partial charge is 0.379 e. The third kappa shape index (κ3) is 2.91. The average molecular weight is 404 g/mol. The largest absolute Gasteiger partial charge is 0.465 e. The zero-order valence-electron chi connectivity index (χ0n) is 16.2. The SMILES string of the molecule is Cc1oc(C)c2c(=O)cc(-c3ccc4c(c3)OCO4)cc(OC(=O)c3ccco3)c12. The minimum Gasteiger partial charge on any atom is -0.465 e. The van der Waals surface area contributed by atoms with Crippen LogP contribution < -0.4 is 19.6 Å². The van der Waals surface area contributed by atoms with Crippen molar-refractivity contribution >= 4 is 16.7 Å². The first kappa shape index (κ1) is 18.1. The first-order chi connectivity index (χ1) is 14.5. The maximum absolute atomic E-state index is 13.0. The Morgan fingerprint density at radius 1 is 0.933 bits per heavy atom. The fraction of sp³-hybridized carbons (Fsp3) is 0.130. The van der Waals surface area contributed by atoms with Gasteiger partial charge in [-0.3, -0.25) is 4.79 Å². The molecule has 30 heavy (non-hydrogen) atoms. The molecular weight excluding hydrogens is 388 g/mol. The van der Waals surface area contributed by atoms with Crippen LogP contribution >= 0.6 is 0 Å². The van der Waals surface area contributed by atoms with Crippen LogP contribution in [0.5, 0.6) is 17.2 Å². The molecule has 0 saturated carbocycles. The third-order valence-corrected chi connectivity index (χ3v) is 4.96. The number of esters is 1. The van der Waals surface area contributed by atoms with Crippen molar-refractivity contribution in [3.8, 4) is 28.4 Å². The fourth-order valence-corrected chi connectivity index (χ4v) is 3.61. The number of hydrogen-bond acceptors (Lipinski definition) is 7. The quantitative estimate of drug-likeness (QED) is 0.461. The minimum atomic E-state index is -0.671. The summed E-state index contributed by atoms with van der Waals surface area (Å²) in [7, 11) is 0. The van der Waals surface area contributed by atoms with Gasteiger partial charge in [0.15, 0.2) is 16.9 Å². The molecule has 0 unspecified atom stereocenters. The number of furan rings is 2. The van der Waals surface area contributed by atoms with Gasteiger partial charge in [-0.2, -0.15) is 0 Å². The first-order valence-corrected chi connectivity index (χ1v) is 9.25. The molecule has 5 rings (SSSR count). The summed E-state index contributed by atoms with van der Waals surface area (Å²) in [5, 5.41) is 0.811. The van der Waals surface area contributed by atoms with Crippen LogP contribution in [-0.2, 0) is 0 Å². The van der Waals surface area contributed by atoms with E-state index in [1.165, 1.54) is 18.4 Å². The normalized spacial score (nSPS) is 12.3. The van der Waals surface area contributed by atoms with Gasteiger partial charge >= 0.3 is 5.97 Å². The highest BCUT2D eigenvalue weighted by Gasteiger charge is 2.21. The lowest BCUT2D eigenvalue weighted by Gasteiger charge is -2.05. The van der Waals surface area contributed by atoms with Gasteiger partial charge in [-0.25, -0.2) is 4.79 Å². The molecule has 0 atom stereocenters. The molecule has 7 heteroatoms. The molecule has 4 aromatic rings. The highest BCUT2D eigenvalue weighted by atomic mass is 16.7. The molecule has 0 bridgehead atoms. The van der Waals surface area contributed by atoms with Crippen LogP contribution in [0, 0.1) is 13.8 Å². The Kier molecular flexibility index (Phi) is 4.10. The van der Waals surface area contributed by atoms with E-state index in [1.807, 2.05) is 6.07 Å². The van der Waals surface area contributed by atoms with Crippen molar-refractivity contribution in [2.24, 2.45) is 0 Å². The lowest BCUT2D eigenvalue weighted by Crippen LogP contribution is -2.07. The van der Waals surface area contributed by atoms with Gasteiger partial charge in [0.25, 0.3) is 0 Å². The van der Waals surface area contributed by atoms with Gasteiger partial charge in [0, 0.05) is 0 Å². The van der Waals surface area contributed by atoms with Crippen molar-refractivity contribution in [1.82, 2.24) is 0 Å². The van der Waals surface area contributed by atoms with Gasteiger partial charge in [-0.05, 0) is 61.4 Å². The number of ether oxygens (including phenoxy) is 3. The van der Waals surface area contributed by atoms with E-state index in [4.69, 9.17) is 23.0 Å². The Bertz CT molecular complexity index is 1350. The molecule has 0 spiro atoms. The second-order valence-corrected chi connectivity index (χ2v) is 6.87. The average Bonchev–Trinajstić information content (AvgIpc) is 3.44. The first-order valence-electron chi connectivity index (χ1n) is 9.25. The van der Waals surface area contributed by atoms with Crippen molar-refractivity contribution in [3.05, 3.63) is 76.2 Å². The van der Waals surface area contributed by atoms with Crippen LogP contribution in [-0.4, -0.2) is 12.8 Å². The number of rotatable bonds is 3. The highest BCUT2D eigenvalue weighted by Crippen LogP contribution is 2.38. The van der Waals surface area contributed by atoms with Gasteiger partial charge in [0.2, 0.25) is 12.6 Å². The molecular formula is C23H16O7. The van der Waals surface area contributed by atoms with E-state index in [0.29, 0.717) is 39.4 Å². The van der Waals surface area contributed by atoms with Gasteiger partial charge in [0.05, 0.1) is 17.0 Å². The Hall–Kier alpha value is -4.00. The molecule has 7 nitrogen and oxygen atoms in total. The van der Waals surface area contributed by atoms with Crippen molar-refractivity contribution in [2.45, 2.75) is 13.8 Å². The van der Waals surface area contributed by atoms with E-state index in [9.17, 15) is 9.59 Å². The van der Waals surface area contributed by atoms with Crippen LogP contribution in [0.25, 0.3) is 21.9 Å². The minimum absolute atomic E-state index is 0.0551.